The van der Waals surface area contributed by atoms with Gasteiger partial charge in [0.15, 0.2) is 10.8 Å². The minimum Gasteiger partial charge on any atom is -0.464 e. The molecule has 6 nitrogen and oxygen atoms in total. The number of esters is 1. The molecule has 0 spiro atoms. The predicted octanol–water partition coefficient (Wildman–Crippen LogP) is 0.994. The third kappa shape index (κ3) is 4.90. The molecule has 0 aliphatic carbocycles. The average Bonchev–Trinajstić information content (AvgIpc) is 2.85. The maximum absolute atomic E-state index is 11.2. The third-order valence-corrected chi connectivity index (χ3v) is 4.01. The van der Waals surface area contributed by atoms with E-state index in [-0.39, 0.29) is 22.2 Å². The van der Waals surface area contributed by atoms with Crippen LogP contribution in [0.5, 0.6) is 0 Å². The Morgan fingerprint density at radius 2 is 2.21 bits per heavy atom. The lowest BCUT2D eigenvalue weighted by Crippen LogP contribution is -2.19. The highest BCUT2D eigenvalue weighted by Gasteiger charge is 2.23. The zero-order valence-electron chi connectivity index (χ0n) is 10.5. The van der Waals surface area contributed by atoms with Crippen LogP contribution in [0.2, 0.25) is 0 Å². The van der Waals surface area contributed by atoms with Gasteiger partial charge in [-0.15, -0.1) is 11.3 Å². The molecule has 0 aliphatic rings. The number of thioether (sulfide) groups is 1. The van der Waals surface area contributed by atoms with Gasteiger partial charge in [-0.3, -0.25) is 4.79 Å². The lowest BCUT2D eigenvalue weighted by molar-refractivity contribution is -0.109. The number of ether oxygens (including phenoxy) is 1. The first-order valence-electron chi connectivity index (χ1n) is 5.49. The Kier molecular flexibility index (Phi) is 6.43. The number of carbonyl (C=O) groups is 2. The summed E-state index contributed by atoms with van der Waals surface area (Å²) in [7, 11) is 1.24. The van der Waals surface area contributed by atoms with Gasteiger partial charge in [0.05, 0.1) is 13.2 Å². The number of carbonyl (C=O) groups excluding carboxylic acids is 2. The molecule has 0 bridgehead atoms. The van der Waals surface area contributed by atoms with Crippen molar-refractivity contribution in [1.82, 2.24) is 4.98 Å². The van der Waals surface area contributed by atoms with E-state index in [1.165, 1.54) is 19.4 Å². The summed E-state index contributed by atoms with van der Waals surface area (Å²) in [5.41, 5.74) is 0.104. The van der Waals surface area contributed by atoms with E-state index in [1.54, 1.807) is 0 Å². The first-order chi connectivity index (χ1) is 8.95. The minimum absolute atomic E-state index is 0.0380. The fourth-order valence-electron chi connectivity index (χ4n) is 1.27. The molecule has 0 saturated carbocycles. The molecule has 1 aromatic rings. The number of nitrogens with zero attached hydrogens (tertiary/aromatic N) is 1. The molecule has 0 saturated heterocycles. The Morgan fingerprint density at radius 1 is 1.53 bits per heavy atom. The SMILES string of the molecule is COC(=O)c1csc(C(O)C(O)CCSC(C)=O)n1. The van der Waals surface area contributed by atoms with Crippen LogP contribution in [0.15, 0.2) is 5.38 Å². The molecule has 2 atom stereocenters. The molecule has 19 heavy (non-hydrogen) atoms. The van der Waals surface area contributed by atoms with Crippen LogP contribution in [-0.4, -0.2) is 45.2 Å². The zero-order valence-corrected chi connectivity index (χ0v) is 12.2. The number of rotatable bonds is 6. The van der Waals surface area contributed by atoms with Crippen molar-refractivity contribution in [2.75, 3.05) is 12.9 Å². The van der Waals surface area contributed by atoms with Gasteiger partial charge in [0, 0.05) is 18.1 Å². The summed E-state index contributed by atoms with van der Waals surface area (Å²) in [5, 5.41) is 21.3. The number of aliphatic hydroxyl groups excluding tert-OH is 2. The van der Waals surface area contributed by atoms with E-state index >= 15 is 0 Å². The zero-order chi connectivity index (χ0) is 14.4. The molecule has 1 rings (SSSR count). The van der Waals surface area contributed by atoms with E-state index in [1.807, 2.05) is 0 Å². The van der Waals surface area contributed by atoms with E-state index in [0.717, 1.165) is 23.1 Å². The fraction of sp³-hybridized carbons (Fsp3) is 0.545. The highest BCUT2D eigenvalue weighted by Crippen LogP contribution is 2.24. The quantitative estimate of drug-likeness (QED) is 0.757. The molecular formula is C11H15NO5S2. The van der Waals surface area contributed by atoms with Gasteiger partial charge in [-0.1, -0.05) is 11.8 Å². The monoisotopic (exact) mass is 305 g/mol. The molecule has 0 amide bonds. The molecule has 0 aromatic carbocycles. The van der Waals surface area contributed by atoms with Crippen LogP contribution in [-0.2, 0) is 9.53 Å². The molecule has 1 heterocycles. The average molecular weight is 305 g/mol. The molecular weight excluding hydrogens is 290 g/mol. The summed E-state index contributed by atoms with van der Waals surface area (Å²) in [6, 6.07) is 0. The van der Waals surface area contributed by atoms with Crippen LogP contribution >= 0.6 is 23.1 Å². The van der Waals surface area contributed by atoms with Gasteiger partial charge in [0.2, 0.25) is 0 Å². The van der Waals surface area contributed by atoms with E-state index in [2.05, 4.69) is 9.72 Å². The minimum atomic E-state index is -1.17. The molecule has 8 heteroatoms. The molecule has 0 aliphatic heterocycles. The summed E-state index contributed by atoms with van der Waals surface area (Å²) in [6.45, 7) is 1.44. The molecule has 0 fully saturated rings. The van der Waals surface area contributed by atoms with Crippen LogP contribution in [0, 0.1) is 0 Å². The lowest BCUT2D eigenvalue weighted by atomic mass is 10.1. The second kappa shape index (κ2) is 7.59. The van der Waals surface area contributed by atoms with Crippen molar-refractivity contribution in [3.8, 4) is 0 Å². The highest BCUT2D eigenvalue weighted by molar-refractivity contribution is 8.13. The normalized spacial score (nSPS) is 13.9. The van der Waals surface area contributed by atoms with Gasteiger partial charge in [0.1, 0.15) is 11.1 Å². The standard InChI is InChI=1S/C11H15NO5S2/c1-6(13)18-4-3-8(14)9(15)10-12-7(5-19-10)11(16)17-2/h5,8-9,14-15H,3-4H2,1-2H3. The number of hydrogen-bond donors (Lipinski definition) is 2. The second-order valence-corrected chi connectivity index (χ2v) is 5.86. The first-order valence-corrected chi connectivity index (χ1v) is 7.35. The van der Waals surface area contributed by atoms with Gasteiger partial charge < -0.3 is 14.9 Å². The number of methoxy groups -OCH3 is 1. The lowest BCUT2D eigenvalue weighted by Gasteiger charge is -2.14. The van der Waals surface area contributed by atoms with Crippen LogP contribution in [0.4, 0.5) is 0 Å². The summed E-state index contributed by atoms with van der Waals surface area (Å²) in [5.74, 6) is -0.167. The van der Waals surface area contributed by atoms with E-state index < -0.39 is 18.2 Å². The van der Waals surface area contributed by atoms with Gasteiger partial charge >= 0.3 is 5.97 Å². The number of aromatic nitrogens is 1. The van der Waals surface area contributed by atoms with Crippen molar-refractivity contribution in [2.24, 2.45) is 0 Å². The fourth-order valence-corrected chi connectivity index (χ4v) is 2.74. The number of hydrogen-bond acceptors (Lipinski definition) is 8. The molecule has 106 valence electrons. The Labute approximate surface area is 118 Å². The van der Waals surface area contributed by atoms with Crippen molar-refractivity contribution in [3.05, 3.63) is 16.1 Å². The summed E-state index contributed by atoms with van der Waals surface area (Å²) < 4.78 is 4.50. The van der Waals surface area contributed by atoms with Crippen LogP contribution in [0.25, 0.3) is 0 Å². The van der Waals surface area contributed by atoms with Crippen LogP contribution in [0.1, 0.15) is 34.9 Å². The van der Waals surface area contributed by atoms with Crippen molar-refractivity contribution in [1.29, 1.82) is 0 Å². The topological polar surface area (TPSA) is 96.7 Å². The summed E-state index contributed by atoms with van der Waals surface area (Å²) >= 11 is 2.16. The van der Waals surface area contributed by atoms with Gasteiger partial charge in [-0.25, -0.2) is 9.78 Å². The molecule has 2 unspecified atom stereocenters. The van der Waals surface area contributed by atoms with E-state index in [0.29, 0.717) is 5.75 Å². The Morgan fingerprint density at radius 3 is 2.79 bits per heavy atom. The molecule has 2 N–H and O–H groups in total. The number of aliphatic hydroxyl groups is 2. The third-order valence-electron chi connectivity index (χ3n) is 2.25. The van der Waals surface area contributed by atoms with Crippen molar-refractivity contribution in [3.63, 3.8) is 0 Å². The Bertz CT molecular complexity index is 448. The van der Waals surface area contributed by atoms with E-state index in [9.17, 15) is 19.8 Å². The Hall–Kier alpha value is -0.960. The maximum Gasteiger partial charge on any atom is 0.357 e. The van der Waals surface area contributed by atoms with Gasteiger partial charge in [0.25, 0.3) is 0 Å². The first kappa shape index (κ1) is 16.1. The van der Waals surface area contributed by atoms with E-state index in [4.69, 9.17) is 0 Å². The van der Waals surface area contributed by atoms with Crippen LogP contribution in [0.3, 0.4) is 0 Å². The Balaban J connectivity index is 2.56. The smallest absolute Gasteiger partial charge is 0.357 e. The van der Waals surface area contributed by atoms with Crippen LogP contribution < -0.4 is 0 Å². The number of thiazole rings is 1. The van der Waals surface area contributed by atoms with Gasteiger partial charge in [-0.2, -0.15) is 0 Å². The van der Waals surface area contributed by atoms with Gasteiger partial charge in [-0.05, 0) is 6.42 Å². The molecule has 1 aromatic heterocycles. The predicted molar refractivity (Wildman–Crippen MR) is 72.2 cm³/mol. The second-order valence-electron chi connectivity index (χ2n) is 3.70. The summed E-state index contributed by atoms with van der Waals surface area (Å²) in [4.78, 5) is 25.8. The highest BCUT2D eigenvalue weighted by atomic mass is 32.2. The summed E-state index contributed by atoms with van der Waals surface area (Å²) in [6.07, 6.45) is -1.93. The maximum atomic E-state index is 11.2. The van der Waals surface area contributed by atoms with Crippen molar-refractivity contribution >= 4 is 34.2 Å². The van der Waals surface area contributed by atoms with Crippen molar-refractivity contribution in [2.45, 2.75) is 25.6 Å². The largest absolute Gasteiger partial charge is 0.464 e. The molecule has 0 radical (unpaired) electrons. The van der Waals surface area contributed by atoms with Crippen molar-refractivity contribution < 1.29 is 24.5 Å².